The lowest BCUT2D eigenvalue weighted by molar-refractivity contribution is -0.142. The molecule has 6 nitrogen and oxygen atoms in total. The van der Waals surface area contributed by atoms with Gasteiger partial charge < -0.3 is 14.8 Å². The first kappa shape index (κ1) is 19.2. The van der Waals surface area contributed by atoms with Crippen LogP contribution in [0.3, 0.4) is 0 Å². The van der Waals surface area contributed by atoms with E-state index in [0.29, 0.717) is 30.2 Å². The van der Waals surface area contributed by atoms with Crippen LogP contribution in [0.4, 0.5) is 0 Å². The highest BCUT2D eigenvalue weighted by Gasteiger charge is 2.24. The molecule has 0 aliphatic heterocycles. The second-order valence-electron chi connectivity index (χ2n) is 7.27. The van der Waals surface area contributed by atoms with Gasteiger partial charge in [0.2, 0.25) is 11.8 Å². The zero-order valence-electron chi connectivity index (χ0n) is 15.0. The minimum atomic E-state index is -1.02. The fraction of sp³-hybridized carbons (Fsp3) is 0.500. The van der Waals surface area contributed by atoms with Crippen LogP contribution in [0.5, 0.6) is 0 Å². The van der Waals surface area contributed by atoms with Gasteiger partial charge in [-0.15, -0.1) is 0 Å². The Morgan fingerprint density at radius 2 is 2.12 bits per heavy atom. The number of thiophene rings is 1. The van der Waals surface area contributed by atoms with Crippen molar-refractivity contribution in [1.82, 2.24) is 10.3 Å². The molecule has 0 saturated carbocycles. The molecule has 0 saturated heterocycles. The van der Waals surface area contributed by atoms with E-state index in [-0.39, 0.29) is 17.7 Å². The van der Waals surface area contributed by atoms with Gasteiger partial charge in [0.15, 0.2) is 0 Å². The number of oxazole rings is 1. The van der Waals surface area contributed by atoms with Crippen LogP contribution in [0.1, 0.15) is 45.1 Å². The number of amides is 1. The molecule has 0 bridgehead atoms. The van der Waals surface area contributed by atoms with Crippen LogP contribution < -0.4 is 5.32 Å². The summed E-state index contributed by atoms with van der Waals surface area (Å²) in [5, 5.41) is 15.8. The van der Waals surface area contributed by atoms with Crippen LogP contribution in [-0.4, -0.2) is 28.0 Å². The number of nitrogens with zero attached hydrogens (tertiary/aromatic N) is 1. The third-order valence-electron chi connectivity index (χ3n) is 3.81. The third-order valence-corrected chi connectivity index (χ3v) is 4.49. The number of carbonyl (C=O) groups is 2. The van der Waals surface area contributed by atoms with E-state index in [9.17, 15) is 14.7 Å². The summed E-state index contributed by atoms with van der Waals surface area (Å²) >= 11 is 1.54. The van der Waals surface area contributed by atoms with Crippen molar-refractivity contribution in [2.45, 2.75) is 53.0 Å². The molecular weight excluding hydrogens is 340 g/mol. The van der Waals surface area contributed by atoms with Gasteiger partial charge in [-0.2, -0.15) is 11.3 Å². The van der Waals surface area contributed by atoms with Gasteiger partial charge in [0.25, 0.3) is 0 Å². The Kier molecular flexibility index (Phi) is 6.00. The van der Waals surface area contributed by atoms with Crippen molar-refractivity contribution in [3.8, 4) is 11.5 Å². The Hall–Kier alpha value is -2.15. The third kappa shape index (κ3) is 5.70. The molecule has 7 heteroatoms. The highest BCUT2D eigenvalue weighted by atomic mass is 32.1. The summed E-state index contributed by atoms with van der Waals surface area (Å²) in [5.41, 5.74) is 1.41. The molecule has 1 amide bonds. The Morgan fingerprint density at radius 3 is 2.68 bits per heavy atom. The molecule has 0 aliphatic rings. The second kappa shape index (κ2) is 7.82. The van der Waals surface area contributed by atoms with Gasteiger partial charge in [0.05, 0.1) is 12.1 Å². The predicted molar refractivity (Wildman–Crippen MR) is 96.5 cm³/mol. The lowest BCUT2D eigenvalue weighted by Gasteiger charge is -2.21. The molecule has 2 heterocycles. The monoisotopic (exact) mass is 364 g/mol. The number of aromatic nitrogens is 1. The summed E-state index contributed by atoms with van der Waals surface area (Å²) in [6.07, 6.45) is 1.09. The van der Waals surface area contributed by atoms with Gasteiger partial charge in [-0.05, 0) is 36.6 Å². The molecule has 136 valence electrons. The Bertz CT molecular complexity index is 729. The number of aryl methyl sites for hydroxylation is 1. The summed E-state index contributed by atoms with van der Waals surface area (Å²) in [6.45, 7) is 7.87. The molecular formula is C18H24N2O4S. The fourth-order valence-corrected chi connectivity index (χ4v) is 2.96. The minimum absolute atomic E-state index is 0.00122. The fourth-order valence-electron chi connectivity index (χ4n) is 2.33. The summed E-state index contributed by atoms with van der Waals surface area (Å²) in [5.74, 6) is -0.343. The van der Waals surface area contributed by atoms with Crippen molar-refractivity contribution in [3.63, 3.8) is 0 Å². The van der Waals surface area contributed by atoms with E-state index in [0.717, 1.165) is 5.56 Å². The van der Waals surface area contributed by atoms with Gasteiger partial charge in [0, 0.05) is 10.9 Å². The number of nitrogens with one attached hydrogen (secondary N) is 1. The van der Waals surface area contributed by atoms with Crippen LogP contribution in [0.15, 0.2) is 21.2 Å². The number of aliphatic carboxylic acids is 1. The predicted octanol–water partition coefficient (Wildman–Crippen LogP) is 3.65. The molecule has 0 aliphatic carbocycles. The first-order chi connectivity index (χ1) is 11.7. The van der Waals surface area contributed by atoms with Crippen molar-refractivity contribution in [2.24, 2.45) is 5.41 Å². The number of hydrogen-bond acceptors (Lipinski definition) is 5. The van der Waals surface area contributed by atoms with Crippen LogP contribution in [0.25, 0.3) is 11.5 Å². The SMILES string of the molecule is Cc1oc(-c2ccsc2)nc1CC(=O)NC(CCC(C)(C)C)C(=O)O. The summed E-state index contributed by atoms with van der Waals surface area (Å²) in [4.78, 5) is 28.0. The number of carboxylic acid groups (broad SMARTS) is 1. The van der Waals surface area contributed by atoms with Crippen molar-refractivity contribution >= 4 is 23.2 Å². The van der Waals surface area contributed by atoms with Crippen LogP contribution in [0.2, 0.25) is 0 Å². The zero-order chi connectivity index (χ0) is 18.6. The van der Waals surface area contributed by atoms with E-state index in [2.05, 4.69) is 10.3 Å². The summed E-state index contributed by atoms with van der Waals surface area (Å²) in [6, 6.07) is 1.00. The largest absolute Gasteiger partial charge is 0.480 e. The standard InChI is InChI=1S/C18H24N2O4S/c1-11-14(20-16(24-11)12-6-8-25-10-12)9-15(21)19-13(17(22)23)5-7-18(2,3)4/h6,8,10,13H,5,7,9H2,1-4H3,(H,19,21)(H,22,23). The molecule has 25 heavy (non-hydrogen) atoms. The number of carboxylic acids is 1. The molecule has 0 fully saturated rings. The van der Waals surface area contributed by atoms with E-state index in [1.165, 1.54) is 11.3 Å². The molecule has 1 atom stereocenters. The number of carbonyl (C=O) groups excluding carboxylic acids is 1. The van der Waals surface area contributed by atoms with E-state index in [4.69, 9.17) is 4.42 Å². The molecule has 2 rings (SSSR count). The first-order valence-corrected chi connectivity index (χ1v) is 9.11. The Labute approximate surface area is 151 Å². The highest BCUT2D eigenvalue weighted by Crippen LogP contribution is 2.24. The number of rotatable bonds is 7. The maximum Gasteiger partial charge on any atom is 0.326 e. The van der Waals surface area contributed by atoms with Crippen molar-refractivity contribution in [3.05, 3.63) is 28.3 Å². The maximum atomic E-state index is 12.2. The smallest absolute Gasteiger partial charge is 0.326 e. The Morgan fingerprint density at radius 1 is 1.40 bits per heavy atom. The molecule has 0 aromatic carbocycles. The first-order valence-electron chi connectivity index (χ1n) is 8.17. The quantitative estimate of drug-likeness (QED) is 0.782. The van der Waals surface area contributed by atoms with Gasteiger partial charge in [-0.1, -0.05) is 20.8 Å². The van der Waals surface area contributed by atoms with Crippen molar-refractivity contribution in [2.75, 3.05) is 0 Å². The lowest BCUT2D eigenvalue weighted by atomic mass is 9.88. The molecule has 2 aromatic rings. The van der Waals surface area contributed by atoms with Gasteiger partial charge in [-0.25, -0.2) is 9.78 Å². The van der Waals surface area contributed by atoms with Crippen molar-refractivity contribution in [1.29, 1.82) is 0 Å². The van der Waals surface area contributed by atoms with Gasteiger partial charge in [-0.3, -0.25) is 4.79 Å². The van der Waals surface area contributed by atoms with Gasteiger partial charge >= 0.3 is 5.97 Å². The topological polar surface area (TPSA) is 92.4 Å². The average Bonchev–Trinajstić information content (AvgIpc) is 3.12. The van der Waals surface area contributed by atoms with E-state index >= 15 is 0 Å². The summed E-state index contributed by atoms with van der Waals surface area (Å²) < 4.78 is 5.60. The summed E-state index contributed by atoms with van der Waals surface area (Å²) in [7, 11) is 0. The average molecular weight is 364 g/mol. The zero-order valence-corrected chi connectivity index (χ0v) is 15.8. The normalized spacial score (nSPS) is 12.8. The lowest BCUT2D eigenvalue weighted by Crippen LogP contribution is -2.42. The number of hydrogen-bond donors (Lipinski definition) is 2. The molecule has 0 spiro atoms. The van der Waals surface area contributed by atoms with Crippen LogP contribution >= 0.6 is 11.3 Å². The highest BCUT2D eigenvalue weighted by molar-refractivity contribution is 7.08. The molecule has 2 aromatic heterocycles. The van der Waals surface area contributed by atoms with Crippen LogP contribution in [-0.2, 0) is 16.0 Å². The van der Waals surface area contributed by atoms with E-state index in [1.54, 1.807) is 6.92 Å². The minimum Gasteiger partial charge on any atom is -0.480 e. The molecule has 1 unspecified atom stereocenters. The maximum absolute atomic E-state index is 12.2. The van der Waals surface area contributed by atoms with E-state index < -0.39 is 12.0 Å². The Balaban J connectivity index is 2.00. The van der Waals surface area contributed by atoms with Crippen LogP contribution in [0, 0.1) is 12.3 Å². The van der Waals surface area contributed by atoms with Crippen molar-refractivity contribution < 1.29 is 19.1 Å². The molecule has 0 radical (unpaired) electrons. The molecule has 2 N–H and O–H groups in total. The second-order valence-corrected chi connectivity index (χ2v) is 8.05. The van der Waals surface area contributed by atoms with E-state index in [1.807, 2.05) is 37.6 Å². The van der Waals surface area contributed by atoms with Gasteiger partial charge in [0.1, 0.15) is 11.8 Å².